The molecule has 4 heteroatoms. The Kier molecular flexibility index (Phi) is 4.95. The number of hydrogen-bond donors (Lipinski definition) is 0. The molecule has 108 valence electrons. The summed E-state index contributed by atoms with van der Waals surface area (Å²) in [4.78, 5) is 2.02. The van der Waals surface area contributed by atoms with Crippen molar-refractivity contribution in [2.45, 2.75) is 19.5 Å². The first kappa shape index (κ1) is 15.5. The summed E-state index contributed by atoms with van der Waals surface area (Å²) in [7, 11) is 1.92. The molecule has 1 unspecified atom stereocenters. The molecule has 2 nitrogen and oxygen atoms in total. The van der Waals surface area contributed by atoms with E-state index in [2.05, 4.69) is 6.07 Å². The van der Waals surface area contributed by atoms with Crippen LogP contribution < -0.4 is 0 Å². The second-order valence-electron chi connectivity index (χ2n) is 5.03. The summed E-state index contributed by atoms with van der Waals surface area (Å²) in [6, 6.07) is 14.0. The Bertz CT molecular complexity index is 679. The Labute approximate surface area is 129 Å². The first-order valence-electron chi connectivity index (χ1n) is 6.66. The Morgan fingerprint density at radius 3 is 2.62 bits per heavy atom. The molecule has 0 radical (unpaired) electrons. The van der Waals surface area contributed by atoms with Crippen LogP contribution in [0.2, 0.25) is 5.02 Å². The van der Waals surface area contributed by atoms with E-state index in [9.17, 15) is 4.39 Å². The van der Waals surface area contributed by atoms with Crippen LogP contribution in [0.1, 0.15) is 29.7 Å². The molecule has 0 saturated heterocycles. The third-order valence-electron chi connectivity index (χ3n) is 3.62. The van der Waals surface area contributed by atoms with Crippen LogP contribution >= 0.6 is 11.6 Å². The van der Waals surface area contributed by atoms with Crippen LogP contribution in [-0.2, 0) is 6.54 Å². The normalized spacial score (nSPS) is 12.2. The summed E-state index contributed by atoms with van der Waals surface area (Å²) >= 11 is 6.18. The van der Waals surface area contributed by atoms with Crippen molar-refractivity contribution in [3.63, 3.8) is 0 Å². The van der Waals surface area contributed by atoms with Gasteiger partial charge in [0.15, 0.2) is 0 Å². The van der Waals surface area contributed by atoms with Crippen molar-refractivity contribution in [3.05, 3.63) is 70.0 Å². The fourth-order valence-corrected chi connectivity index (χ4v) is 2.44. The maximum Gasteiger partial charge on any atom is 0.127 e. The first-order valence-corrected chi connectivity index (χ1v) is 7.04. The van der Waals surface area contributed by atoms with Gasteiger partial charge in [0.2, 0.25) is 0 Å². The molecule has 1 atom stereocenters. The molecule has 0 spiro atoms. The number of nitriles is 1. The summed E-state index contributed by atoms with van der Waals surface area (Å²) in [5.74, 6) is -0.206. The molecule has 2 rings (SSSR count). The summed E-state index contributed by atoms with van der Waals surface area (Å²) in [5, 5.41) is 9.40. The highest BCUT2D eigenvalue weighted by Gasteiger charge is 2.16. The molecule has 2 aromatic rings. The highest BCUT2D eigenvalue weighted by Crippen LogP contribution is 2.25. The second kappa shape index (κ2) is 6.71. The highest BCUT2D eigenvalue weighted by molar-refractivity contribution is 6.31. The van der Waals surface area contributed by atoms with Gasteiger partial charge >= 0.3 is 0 Å². The van der Waals surface area contributed by atoms with Gasteiger partial charge in [-0.15, -0.1) is 0 Å². The third kappa shape index (κ3) is 3.60. The van der Waals surface area contributed by atoms with Crippen LogP contribution in [0.3, 0.4) is 0 Å². The van der Waals surface area contributed by atoms with Gasteiger partial charge in [0.1, 0.15) is 5.82 Å². The van der Waals surface area contributed by atoms with Gasteiger partial charge in [-0.25, -0.2) is 4.39 Å². The van der Waals surface area contributed by atoms with Gasteiger partial charge in [-0.3, -0.25) is 4.90 Å². The lowest BCUT2D eigenvalue weighted by Crippen LogP contribution is -2.22. The van der Waals surface area contributed by atoms with Gasteiger partial charge in [-0.1, -0.05) is 35.9 Å². The Morgan fingerprint density at radius 2 is 2.00 bits per heavy atom. The van der Waals surface area contributed by atoms with Crippen molar-refractivity contribution in [1.82, 2.24) is 4.90 Å². The zero-order valence-electron chi connectivity index (χ0n) is 12.0. The monoisotopic (exact) mass is 302 g/mol. The predicted octanol–water partition coefficient (Wildman–Crippen LogP) is 4.54. The molecule has 0 aliphatic heterocycles. The van der Waals surface area contributed by atoms with E-state index < -0.39 is 0 Å². The second-order valence-corrected chi connectivity index (χ2v) is 5.44. The maximum atomic E-state index is 13.8. The van der Waals surface area contributed by atoms with Crippen molar-refractivity contribution in [1.29, 1.82) is 5.26 Å². The summed E-state index contributed by atoms with van der Waals surface area (Å²) in [6.07, 6.45) is 0. The van der Waals surface area contributed by atoms with Crippen molar-refractivity contribution in [2.24, 2.45) is 0 Å². The molecular formula is C17H16ClFN2. The molecule has 0 aromatic heterocycles. The quantitative estimate of drug-likeness (QED) is 0.829. The van der Waals surface area contributed by atoms with Gasteiger partial charge in [-0.05, 0) is 37.7 Å². The fraction of sp³-hybridized carbons (Fsp3) is 0.235. The average Bonchev–Trinajstić information content (AvgIpc) is 2.49. The van der Waals surface area contributed by atoms with Gasteiger partial charge in [0.05, 0.1) is 11.6 Å². The Hall–Kier alpha value is -1.89. The molecule has 2 aromatic carbocycles. The standard InChI is InChI=1S/C17H16ClFN2/c1-12(15-5-3-4-6-17(15)19)21(2)11-14-8-7-13(10-20)9-16(14)18/h3-9,12H,11H2,1-2H3. The van der Waals surface area contributed by atoms with E-state index in [0.717, 1.165) is 5.56 Å². The van der Waals surface area contributed by atoms with Gasteiger partial charge in [0.25, 0.3) is 0 Å². The van der Waals surface area contributed by atoms with Gasteiger partial charge in [-0.2, -0.15) is 5.26 Å². The van der Waals surface area contributed by atoms with Crippen molar-refractivity contribution < 1.29 is 4.39 Å². The smallest absolute Gasteiger partial charge is 0.127 e. The maximum absolute atomic E-state index is 13.8. The van der Waals surface area contributed by atoms with E-state index in [1.807, 2.05) is 31.0 Å². The number of benzene rings is 2. The molecule has 0 bridgehead atoms. The third-order valence-corrected chi connectivity index (χ3v) is 3.97. The average molecular weight is 303 g/mol. The largest absolute Gasteiger partial charge is 0.295 e. The summed E-state index contributed by atoms with van der Waals surface area (Å²) in [5.41, 5.74) is 2.11. The minimum atomic E-state index is -0.206. The van der Waals surface area contributed by atoms with Crippen molar-refractivity contribution in [3.8, 4) is 6.07 Å². The van der Waals surface area contributed by atoms with Crippen LogP contribution in [0.15, 0.2) is 42.5 Å². The topological polar surface area (TPSA) is 27.0 Å². The van der Waals surface area contributed by atoms with Crippen LogP contribution in [0.25, 0.3) is 0 Å². The zero-order valence-corrected chi connectivity index (χ0v) is 12.7. The van der Waals surface area contributed by atoms with Gasteiger partial charge in [0, 0.05) is 23.2 Å². The number of halogens is 2. The van der Waals surface area contributed by atoms with E-state index in [-0.39, 0.29) is 11.9 Å². The van der Waals surface area contributed by atoms with Crippen molar-refractivity contribution >= 4 is 11.6 Å². The molecule has 0 heterocycles. The molecule has 21 heavy (non-hydrogen) atoms. The van der Waals surface area contributed by atoms with Gasteiger partial charge < -0.3 is 0 Å². The lowest BCUT2D eigenvalue weighted by Gasteiger charge is -2.26. The van der Waals surface area contributed by atoms with E-state index >= 15 is 0 Å². The molecule has 0 aliphatic carbocycles. The van der Waals surface area contributed by atoms with E-state index in [1.165, 1.54) is 6.07 Å². The first-order chi connectivity index (χ1) is 10.0. The minimum Gasteiger partial charge on any atom is -0.295 e. The van der Waals surface area contributed by atoms with E-state index in [4.69, 9.17) is 16.9 Å². The number of nitrogens with zero attached hydrogens (tertiary/aromatic N) is 2. The molecular weight excluding hydrogens is 287 g/mol. The number of hydrogen-bond acceptors (Lipinski definition) is 2. The Balaban J connectivity index is 2.16. The minimum absolute atomic E-state index is 0.0714. The van der Waals surface area contributed by atoms with E-state index in [0.29, 0.717) is 22.7 Å². The van der Waals surface area contributed by atoms with E-state index in [1.54, 1.807) is 24.3 Å². The van der Waals surface area contributed by atoms with Crippen LogP contribution in [0.4, 0.5) is 4.39 Å². The molecule has 0 aliphatic rings. The molecule has 0 fully saturated rings. The highest BCUT2D eigenvalue weighted by atomic mass is 35.5. The predicted molar refractivity (Wildman–Crippen MR) is 82.4 cm³/mol. The number of rotatable bonds is 4. The van der Waals surface area contributed by atoms with Crippen LogP contribution in [0, 0.1) is 17.1 Å². The lowest BCUT2D eigenvalue weighted by molar-refractivity contribution is 0.248. The van der Waals surface area contributed by atoms with Crippen molar-refractivity contribution in [2.75, 3.05) is 7.05 Å². The SMILES string of the molecule is CC(c1ccccc1F)N(C)Cc1ccc(C#N)cc1Cl. The summed E-state index contributed by atoms with van der Waals surface area (Å²) < 4.78 is 13.8. The zero-order chi connectivity index (χ0) is 15.4. The summed E-state index contributed by atoms with van der Waals surface area (Å²) in [6.45, 7) is 2.54. The Morgan fingerprint density at radius 1 is 1.29 bits per heavy atom. The molecule has 0 N–H and O–H groups in total. The lowest BCUT2D eigenvalue weighted by atomic mass is 10.1. The molecule has 0 amide bonds. The van der Waals surface area contributed by atoms with Crippen LogP contribution in [0.5, 0.6) is 0 Å². The molecule has 0 saturated carbocycles. The fourth-order valence-electron chi connectivity index (χ4n) is 2.20. The van der Waals surface area contributed by atoms with Crippen LogP contribution in [-0.4, -0.2) is 11.9 Å².